The van der Waals surface area contributed by atoms with Gasteiger partial charge in [-0.25, -0.2) is 0 Å². The van der Waals surface area contributed by atoms with Crippen molar-refractivity contribution in [2.75, 3.05) is 13.2 Å². The zero-order chi connectivity index (χ0) is 55.0. The Hall–Kier alpha value is -2.11. The van der Waals surface area contributed by atoms with E-state index in [9.17, 15) is 14.4 Å². The molecule has 0 saturated carbocycles. The minimum Gasteiger partial charge on any atom is -0.462 e. The van der Waals surface area contributed by atoms with Crippen LogP contribution in [0.15, 0.2) is 24.3 Å². The molecule has 6 nitrogen and oxygen atoms in total. The molecule has 0 saturated heterocycles. The van der Waals surface area contributed by atoms with Crippen LogP contribution in [-0.4, -0.2) is 37.2 Å². The van der Waals surface area contributed by atoms with E-state index in [1.807, 2.05) is 0 Å². The highest BCUT2D eigenvalue weighted by Crippen LogP contribution is 2.19. The van der Waals surface area contributed by atoms with Crippen molar-refractivity contribution in [1.29, 1.82) is 0 Å². The van der Waals surface area contributed by atoms with E-state index in [4.69, 9.17) is 14.2 Å². The lowest BCUT2D eigenvalue weighted by atomic mass is 10.0. The van der Waals surface area contributed by atoms with E-state index in [1.165, 1.54) is 283 Å². The molecule has 0 N–H and O–H groups in total. The predicted molar refractivity (Wildman–Crippen MR) is 330 cm³/mol. The summed E-state index contributed by atoms with van der Waals surface area (Å²) in [6.45, 7) is 6.67. The number of hydrogen-bond donors (Lipinski definition) is 0. The van der Waals surface area contributed by atoms with Crippen molar-refractivity contribution in [1.82, 2.24) is 0 Å². The van der Waals surface area contributed by atoms with Gasteiger partial charge in [0.05, 0.1) is 0 Å². The number of esters is 3. The standard InChI is InChI=1S/C70H132O6/c1-4-7-10-13-16-19-21-23-25-27-29-31-32-33-34-35-36-37-38-40-41-43-45-47-49-51-54-57-60-63-69(72)75-66-67(65-74-68(71)62-59-56-53-18-15-12-9-6-3)76-70(73)64-61-58-55-52-50-48-46-44-42-39-30-28-26-24-22-20-17-14-11-8-5-2/h22,24,28,30,67H,4-21,23,25-27,29,31-66H2,1-3H3/b24-22-,30-28-. The van der Waals surface area contributed by atoms with Crippen molar-refractivity contribution in [2.24, 2.45) is 0 Å². The fraction of sp³-hybridized carbons (Fsp3) is 0.900. The second kappa shape index (κ2) is 65.4. The van der Waals surface area contributed by atoms with Gasteiger partial charge in [-0.1, -0.05) is 340 Å². The first-order valence-corrected chi connectivity index (χ1v) is 34.3. The quantitative estimate of drug-likeness (QED) is 0.0261. The van der Waals surface area contributed by atoms with Crippen molar-refractivity contribution < 1.29 is 28.6 Å². The van der Waals surface area contributed by atoms with Crippen LogP contribution in [0, 0.1) is 0 Å². The molecule has 6 heteroatoms. The summed E-state index contributed by atoms with van der Waals surface area (Å²) in [6.07, 6.45) is 79.4. The van der Waals surface area contributed by atoms with Crippen LogP contribution >= 0.6 is 0 Å². The second-order valence-corrected chi connectivity index (χ2v) is 23.5. The maximum atomic E-state index is 12.9. The van der Waals surface area contributed by atoms with E-state index in [2.05, 4.69) is 45.1 Å². The first-order chi connectivity index (χ1) is 37.5. The van der Waals surface area contributed by atoms with Gasteiger partial charge < -0.3 is 14.2 Å². The van der Waals surface area contributed by atoms with Gasteiger partial charge in [0.25, 0.3) is 0 Å². The van der Waals surface area contributed by atoms with Crippen molar-refractivity contribution in [3.8, 4) is 0 Å². The third-order valence-electron chi connectivity index (χ3n) is 15.7. The van der Waals surface area contributed by atoms with E-state index < -0.39 is 6.10 Å². The summed E-state index contributed by atoms with van der Waals surface area (Å²) >= 11 is 0. The molecule has 0 heterocycles. The first kappa shape index (κ1) is 73.9. The van der Waals surface area contributed by atoms with Gasteiger partial charge in [-0.2, -0.15) is 0 Å². The summed E-state index contributed by atoms with van der Waals surface area (Å²) in [5, 5.41) is 0. The van der Waals surface area contributed by atoms with Gasteiger partial charge in [0.2, 0.25) is 0 Å². The molecule has 0 aliphatic carbocycles. The zero-order valence-corrected chi connectivity index (χ0v) is 51.6. The minimum atomic E-state index is -0.769. The molecule has 1 atom stereocenters. The van der Waals surface area contributed by atoms with Crippen LogP contribution in [-0.2, 0) is 28.6 Å². The topological polar surface area (TPSA) is 78.9 Å². The Balaban J connectivity index is 4.05. The molecule has 0 aliphatic heterocycles. The minimum absolute atomic E-state index is 0.0673. The molecule has 0 aromatic carbocycles. The van der Waals surface area contributed by atoms with Crippen LogP contribution in [0.5, 0.6) is 0 Å². The number of unbranched alkanes of at least 4 members (excludes halogenated alkanes) is 49. The van der Waals surface area contributed by atoms with Crippen molar-refractivity contribution in [3.63, 3.8) is 0 Å². The maximum Gasteiger partial charge on any atom is 0.306 e. The summed E-state index contributed by atoms with van der Waals surface area (Å²) in [4.78, 5) is 38.2. The summed E-state index contributed by atoms with van der Waals surface area (Å²) < 4.78 is 16.9. The summed E-state index contributed by atoms with van der Waals surface area (Å²) in [6, 6.07) is 0. The molecule has 1 unspecified atom stereocenters. The molecule has 0 rings (SSSR count). The number of carbonyl (C=O) groups excluding carboxylic acids is 3. The summed E-state index contributed by atoms with van der Waals surface area (Å²) in [5.74, 6) is -0.850. The SMILES string of the molecule is CCCCCCC/C=C\C/C=C\CCCCCCCCCCCC(=O)OC(COC(=O)CCCCCCCCCC)COC(=O)CCCCCCCCCCCCCCCCCCCCCCCCCCCCCCC. The van der Waals surface area contributed by atoms with Crippen LogP contribution in [0.1, 0.15) is 387 Å². The lowest BCUT2D eigenvalue weighted by Gasteiger charge is -2.18. The molecule has 76 heavy (non-hydrogen) atoms. The van der Waals surface area contributed by atoms with Crippen molar-refractivity contribution in [2.45, 2.75) is 393 Å². The number of carbonyl (C=O) groups is 3. The van der Waals surface area contributed by atoms with Gasteiger partial charge in [-0.15, -0.1) is 0 Å². The Labute approximate surface area is 474 Å². The molecule has 0 aromatic heterocycles. The van der Waals surface area contributed by atoms with Crippen molar-refractivity contribution >= 4 is 17.9 Å². The number of rotatable bonds is 64. The molecule has 0 amide bonds. The van der Waals surface area contributed by atoms with Gasteiger partial charge >= 0.3 is 17.9 Å². The van der Waals surface area contributed by atoms with Gasteiger partial charge in [-0.05, 0) is 51.4 Å². The molecular formula is C70H132O6. The monoisotopic (exact) mass is 1070 g/mol. The van der Waals surface area contributed by atoms with Crippen LogP contribution in [0.3, 0.4) is 0 Å². The van der Waals surface area contributed by atoms with Crippen LogP contribution in [0.2, 0.25) is 0 Å². The Morgan fingerprint density at radius 1 is 0.263 bits per heavy atom. The number of allylic oxidation sites excluding steroid dienone is 4. The first-order valence-electron chi connectivity index (χ1n) is 34.3. The maximum absolute atomic E-state index is 12.9. The van der Waals surface area contributed by atoms with Gasteiger partial charge in [0.15, 0.2) is 6.10 Å². The Kier molecular flexibility index (Phi) is 63.6. The van der Waals surface area contributed by atoms with Crippen LogP contribution in [0.25, 0.3) is 0 Å². The number of hydrogen-bond acceptors (Lipinski definition) is 6. The Morgan fingerprint density at radius 2 is 0.474 bits per heavy atom. The summed E-state index contributed by atoms with van der Waals surface area (Å²) in [7, 11) is 0. The smallest absolute Gasteiger partial charge is 0.306 e. The zero-order valence-electron chi connectivity index (χ0n) is 51.6. The van der Waals surface area contributed by atoms with E-state index in [-0.39, 0.29) is 31.1 Å². The highest BCUT2D eigenvalue weighted by molar-refractivity contribution is 5.71. The molecule has 0 aliphatic rings. The molecule has 0 fully saturated rings. The molecule has 0 radical (unpaired) electrons. The Morgan fingerprint density at radius 3 is 0.724 bits per heavy atom. The average Bonchev–Trinajstić information content (AvgIpc) is 3.42. The van der Waals surface area contributed by atoms with Crippen molar-refractivity contribution in [3.05, 3.63) is 24.3 Å². The Bertz CT molecular complexity index is 1230. The molecular weight excluding hydrogens is 937 g/mol. The molecule has 0 spiro atoms. The second-order valence-electron chi connectivity index (χ2n) is 23.5. The van der Waals surface area contributed by atoms with E-state index in [0.29, 0.717) is 19.3 Å². The fourth-order valence-corrected chi connectivity index (χ4v) is 10.5. The lowest BCUT2D eigenvalue weighted by molar-refractivity contribution is -0.167. The normalized spacial score (nSPS) is 12.1. The largest absolute Gasteiger partial charge is 0.462 e. The van der Waals surface area contributed by atoms with Gasteiger partial charge in [-0.3, -0.25) is 14.4 Å². The highest BCUT2D eigenvalue weighted by Gasteiger charge is 2.19. The van der Waals surface area contributed by atoms with E-state index in [1.54, 1.807) is 0 Å². The third-order valence-corrected chi connectivity index (χ3v) is 15.7. The van der Waals surface area contributed by atoms with Gasteiger partial charge in [0, 0.05) is 19.3 Å². The van der Waals surface area contributed by atoms with E-state index in [0.717, 1.165) is 64.2 Å². The average molecular weight is 1070 g/mol. The third kappa shape index (κ3) is 62.7. The predicted octanol–water partition coefficient (Wildman–Crippen LogP) is 23.4. The summed E-state index contributed by atoms with van der Waals surface area (Å²) in [5.41, 5.74) is 0. The van der Waals surface area contributed by atoms with E-state index >= 15 is 0 Å². The van der Waals surface area contributed by atoms with Crippen LogP contribution < -0.4 is 0 Å². The molecule has 0 aromatic rings. The van der Waals surface area contributed by atoms with Crippen LogP contribution in [0.4, 0.5) is 0 Å². The molecule has 0 bridgehead atoms. The lowest BCUT2D eigenvalue weighted by Crippen LogP contribution is -2.30. The fourth-order valence-electron chi connectivity index (χ4n) is 10.5. The van der Waals surface area contributed by atoms with Gasteiger partial charge in [0.1, 0.15) is 13.2 Å². The number of ether oxygens (including phenoxy) is 3. The molecule has 448 valence electrons. The highest BCUT2D eigenvalue weighted by atomic mass is 16.6.